The maximum absolute atomic E-state index is 5.50. The van der Waals surface area contributed by atoms with Gasteiger partial charge in [-0.1, -0.05) is 13.0 Å². The molecule has 2 heterocycles. The first-order valence-corrected chi connectivity index (χ1v) is 9.72. The van der Waals surface area contributed by atoms with Crippen LogP contribution in [0.4, 0.5) is 5.13 Å². The van der Waals surface area contributed by atoms with Crippen molar-refractivity contribution in [2.24, 2.45) is 4.99 Å². The molecule has 0 spiro atoms. The molecule has 142 valence electrons. The Balaban J connectivity index is 1.90. The van der Waals surface area contributed by atoms with Crippen LogP contribution in [0.15, 0.2) is 28.7 Å². The molecule has 2 rings (SSSR count). The number of thiazole rings is 1. The summed E-state index contributed by atoms with van der Waals surface area (Å²) < 4.78 is 5.50. The Labute approximate surface area is 159 Å². The highest BCUT2D eigenvalue weighted by molar-refractivity contribution is 7.13. The van der Waals surface area contributed by atoms with Crippen LogP contribution in [0.25, 0.3) is 0 Å². The quantitative estimate of drug-likeness (QED) is 0.518. The average molecular weight is 377 g/mol. The fraction of sp³-hybridized carbons (Fsp3) is 0.500. The molecule has 2 aromatic heterocycles. The Morgan fingerprint density at radius 1 is 1.27 bits per heavy atom. The van der Waals surface area contributed by atoms with E-state index in [1.807, 2.05) is 44.2 Å². The highest BCUT2D eigenvalue weighted by Crippen LogP contribution is 2.17. The average Bonchev–Trinajstić information content (AvgIpc) is 3.12. The molecule has 26 heavy (non-hydrogen) atoms. The van der Waals surface area contributed by atoms with Gasteiger partial charge in [-0.2, -0.15) is 0 Å². The van der Waals surface area contributed by atoms with E-state index in [1.54, 1.807) is 11.3 Å². The van der Waals surface area contributed by atoms with Crippen LogP contribution in [0.1, 0.15) is 31.5 Å². The highest BCUT2D eigenvalue weighted by Gasteiger charge is 2.05. The summed E-state index contributed by atoms with van der Waals surface area (Å²) in [6.45, 7) is 6.80. The minimum Gasteiger partial charge on any atom is -0.478 e. The fourth-order valence-corrected chi connectivity index (χ4v) is 2.82. The molecule has 0 unspecified atom stereocenters. The number of aromatic nitrogens is 2. The zero-order valence-corrected chi connectivity index (χ0v) is 16.8. The zero-order valence-electron chi connectivity index (χ0n) is 16.0. The van der Waals surface area contributed by atoms with E-state index in [0.717, 1.165) is 35.3 Å². The van der Waals surface area contributed by atoms with Crippen molar-refractivity contribution in [3.63, 3.8) is 0 Å². The molecular weight excluding hydrogens is 348 g/mol. The first kappa shape index (κ1) is 20.0. The third-order valence-electron chi connectivity index (χ3n) is 3.37. The van der Waals surface area contributed by atoms with Crippen molar-refractivity contribution in [1.29, 1.82) is 0 Å². The van der Waals surface area contributed by atoms with Crippen molar-refractivity contribution in [1.82, 2.24) is 20.6 Å². The highest BCUT2D eigenvalue weighted by atomic mass is 32.1. The number of nitrogens with one attached hydrogen (secondary N) is 2. The van der Waals surface area contributed by atoms with E-state index in [9.17, 15) is 0 Å². The van der Waals surface area contributed by atoms with Gasteiger partial charge < -0.3 is 20.3 Å². The number of ether oxygens (including phenoxy) is 1. The lowest BCUT2D eigenvalue weighted by atomic mass is 10.3. The monoisotopic (exact) mass is 376 g/mol. The van der Waals surface area contributed by atoms with Gasteiger partial charge in [-0.15, -0.1) is 11.3 Å². The SMILES string of the molecule is CCCOc1ccc(CN=C(NCC)NCc2csc(N(C)C)n2)cn1. The predicted octanol–water partition coefficient (Wildman–Crippen LogP) is 2.65. The number of hydrogen-bond acceptors (Lipinski definition) is 6. The van der Waals surface area contributed by atoms with Crippen LogP contribution < -0.4 is 20.3 Å². The van der Waals surface area contributed by atoms with Gasteiger partial charge in [0.2, 0.25) is 5.88 Å². The van der Waals surface area contributed by atoms with Gasteiger partial charge in [0.1, 0.15) is 0 Å². The van der Waals surface area contributed by atoms with E-state index in [-0.39, 0.29) is 0 Å². The fourth-order valence-electron chi connectivity index (χ4n) is 2.07. The molecule has 0 aliphatic carbocycles. The minimum atomic E-state index is 0.552. The number of pyridine rings is 1. The molecule has 2 aromatic rings. The van der Waals surface area contributed by atoms with Crippen LogP contribution in [-0.2, 0) is 13.1 Å². The standard InChI is InChI=1S/C18H28N6OS/c1-5-9-25-16-8-7-14(10-20-16)11-21-17(19-6-2)22-12-15-13-26-18(23-15)24(3)4/h7-8,10,13H,5-6,9,11-12H2,1-4H3,(H2,19,21,22). The molecule has 0 saturated carbocycles. The van der Waals surface area contributed by atoms with Crippen LogP contribution in [0.3, 0.4) is 0 Å². The predicted molar refractivity (Wildman–Crippen MR) is 108 cm³/mol. The first-order chi connectivity index (χ1) is 12.6. The summed E-state index contributed by atoms with van der Waals surface area (Å²) in [6.07, 6.45) is 2.78. The van der Waals surface area contributed by atoms with Crippen molar-refractivity contribution in [3.8, 4) is 5.88 Å². The van der Waals surface area contributed by atoms with Crippen molar-refractivity contribution >= 4 is 22.4 Å². The van der Waals surface area contributed by atoms with Gasteiger partial charge in [0.25, 0.3) is 0 Å². The maximum atomic E-state index is 5.50. The zero-order chi connectivity index (χ0) is 18.8. The van der Waals surface area contributed by atoms with Gasteiger partial charge in [0, 0.05) is 38.3 Å². The lowest BCUT2D eigenvalue weighted by molar-refractivity contribution is 0.305. The normalized spacial score (nSPS) is 11.3. The molecular formula is C18H28N6OS. The summed E-state index contributed by atoms with van der Waals surface area (Å²) >= 11 is 1.63. The van der Waals surface area contributed by atoms with Crippen LogP contribution in [0, 0.1) is 0 Å². The lowest BCUT2D eigenvalue weighted by Gasteiger charge is -2.10. The number of guanidine groups is 1. The molecule has 0 aromatic carbocycles. The summed E-state index contributed by atoms with van der Waals surface area (Å²) in [5, 5.41) is 9.63. The maximum Gasteiger partial charge on any atom is 0.213 e. The Bertz CT molecular complexity index is 683. The summed E-state index contributed by atoms with van der Waals surface area (Å²) in [7, 11) is 3.99. The molecule has 0 radical (unpaired) electrons. The largest absolute Gasteiger partial charge is 0.478 e. The van der Waals surface area contributed by atoms with Crippen LogP contribution in [-0.4, -0.2) is 43.2 Å². The Hall–Kier alpha value is -2.35. The molecule has 0 bridgehead atoms. The molecule has 7 nitrogen and oxygen atoms in total. The first-order valence-electron chi connectivity index (χ1n) is 8.84. The minimum absolute atomic E-state index is 0.552. The second-order valence-corrected chi connectivity index (χ2v) is 6.75. The van der Waals surface area contributed by atoms with Crippen molar-refractivity contribution in [3.05, 3.63) is 35.0 Å². The third kappa shape index (κ3) is 6.51. The van der Waals surface area contributed by atoms with Crippen LogP contribution in [0.2, 0.25) is 0 Å². The molecule has 0 fully saturated rings. The van der Waals surface area contributed by atoms with Gasteiger partial charge in [-0.05, 0) is 18.9 Å². The second kappa shape index (κ2) is 10.6. The number of anilines is 1. The van der Waals surface area contributed by atoms with E-state index in [4.69, 9.17) is 4.74 Å². The van der Waals surface area contributed by atoms with E-state index < -0.39 is 0 Å². The molecule has 2 N–H and O–H groups in total. The van der Waals surface area contributed by atoms with Crippen molar-refractivity contribution in [2.45, 2.75) is 33.4 Å². The van der Waals surface area contributed by atoms with Gasteiger partial charge >= 0.3 is 0 Å². The topological polar surface area (TPSA) is 74.7 Å². The molecule has 0 saturated heterocycles. The number of rotatable bonds is 9. The van der Waals surface area contributed by atoms with Crippen LogP contribution in [0.5, 0.6) is 5.88 Å². The van der Waals surface area contributed by atoms with Crippen molar-refractivity contribution in [2.75, 3.05) is 32.1 Å². The number of hydrogen-bond donors (Lipinski definition) is 2. The van der Waals surface area contributed by atoms with Gasteiger partial charge in [-0.3, -0.25) is 0 Å². The van der Waals surface area contributed by atoms with Gasteiger partial charge in [0.05, 0.1) is 25.4 Å². The summed E-state index contributed by atoms with van der Waals surface area (Å²) in [5.41, 5.74) is 2.04. The van der Waals surface area contributed by atoms with Crippen LogP contribution >= 0.6 is 11.3 Å². The van der Waals surface area contributed by atoms with Gasteiger partial charge in [-0.25, -0.2) is 15.0 Å². The molecule has 0 atom stereocenters. The van der Waals surface area contributed by atoms with E-state index in [2.05, 4.69) is 37.9 Å². The Kier molecular flexibility index (Phi) is 8.14. The smallest absolute Gasteiger partial charge is 0.213 e. The Morgan fingerprint density at radius 2 is 2.12 bits per heavy atom. The second-order valence-electron chi connectivity index (χ2n) is 5.92. The van der Waals surface area contributed by atoms with Gasteiger partial charge in [0.15, 0.2) is 11.1 Å². The summed E-state index contributed by atoms with van der Waals surface area (Å²) in [5.74, 6) is 1.42. The molecule has 8 heteroatoms. The third-order valence-corrected chi connectivity index (χ3v) is 4.43. The van der Waals surface area contributed by atoms with Crippen molar-refractivity contribution < 1.29 is 4.74 Å². The summed E-state index contributed by atoms with van der Waals surface area (Å²) in [6, 6.07) is 3.88. The molecule has 0 aliphatic heterocycles. The number of aliphatic imine (C=N–C) groups is 1. The van der Waals surface area contributed by atoms with E-state index in [0.29, 0.717) is 25.6 Å². The number of nitrogens with zero attached hydrogens (tertiary/aromatic N) is 4. The summed E-state index contributed by atoms with van der Waals surface area (Å²) in [4.78, 5) is 15.5. The molecule has 0 aliphatic rings. The lowest BCUT2D eigenvalue weighted by Crippen LogP contribution is -2.36. The van der Waals surface area contributed by atoms with E-state index in [1.165, 1.54) is 0 Å². The molecule has 0 amide bonds. The van der Waals surface area contributed by atoms with E-state index >= 15 is 0 Å². The Morgan fingerprint density at radius 3 is 2.73 bits per heavy atom.